The smallest absolute Gasteiger partial charge is 0.272 e. The fraction of sp³-hybridized carbons (Fsp3) is 0.0400. The third-order valence-corrected chi connectivity index (χ3v) is 5.12. The van der Waals surface area contributed by atoms with Crippen molar-refractivity contribution in [2.24, 2.45) is 0 Å². The first-order valence-corrected chi connectivity index (χ1v) is 10.3. The van der Waals surface area contributed by atoms with Crippen LogP contribution in [0.25, 0.3) is 22.6 Å². The van der Waals surface area contributed by atoms with Gasteiger partial charge in [0.2, 0.25) is 0 Å². The van der Waals surface area contributed by atoms with E-state index in [1.54, 1.807) is 47.5 Å². The highest BCUT2D eigenvalue weighted by molar-refractivity contribution is 5.92. The number of rotatable bonds is 6. The highest BCUT2D eigenvalue weighted by Gasteiger charge is 2.16. The number of hydrogen-bond donors (Lipinski definition) is 1. The first kappa shape index (κ1) is 20.3. The van der Waals surface area contributed by atoms with Crippen molar-refractivity contribution in [3.8, 4) is 22.6 Å². The van der Waals surface area contributed by atoms with Gasteiger partial charge in [-0.3, -0.25) is 9.78 Å². The molecule has 162 valence electrons. The summed E-state index contributed by atoms with van der Waals surface area (Å²) in [5.41, 5.74) is 3.87. The second kappa shape index (κ2) is 8.88. The van der Waals surface area contributed by atoms with Crippen molar-refractivity contribution in [2.75, 3.05) is 0 Å². The largest absolute Gasteiger partial charge is 0.346 e. The summed E-state index contributed by atoms with van der Waals surface area (Å²) >= 11 is 0. The van der Waals surface area contributed by atoms with Crippen molar-refractivity contribution >= 4 is 5.91 Å². The summed E-state index contributed by atoms with van der Waals surface area (Å²) < 4.78 is 17.2. The van der Waals surface area contributed by atoms with Gasteiger partial charge in [-0.15, -0.1) is 0 Å². The Bertz CT molecular complexity index is 1390. The Labute approximate surface area is 189 Å². The van der Waals surface area contributed by atoms with Crippen molar-refractivity contribution in [1.82, 2.24) is 29.9 Å². The van der Waals surface area contributed by atoms with E-state index in [0.29, 0.717) is 0 Å². The molecule has 0 aliphatic heterocycles. The molecule has 5 aromatic rings. The van der Waals surface area contributed by atoms with E-state index in [4.69, 9.17) is 5.10 Å². The number of amides is 1. The zero-order valence-corrected chi connectivity index (χ0v) is 17.5. The fourth-order valence-corrected chi connectivity index (χ4v) is 3.49. The van der Waals surface area contributed by atoms with Gasteiger partial charge < -0.3 is 5.32 Å². The lowest BCUT2D eigenvalue weighted by Gasteiger charge is -2.05. The van der Waals surface area contributed by atoms with E-state index < -0.39 is 5.82 Å². The predicted molar refractivity (Wildman–Crippen MR) is 121 cm³/mol. The topological polar surface area (TPSA) is 77.6 Å². The Morgan fingerprint density at radius 1 is 0.879 bits per heavy atom. The third-order valence-electron chi connectivity index (χ3n) is 5.12. The second-order valence-corrected chi connectivity index (χ2v) is 7.30. The minimum Gasteiger partial charge on any atom is -0.346 e. The molecule has 0 aliphatic rings. The molecule has 7 nitrogen and oxygen atoms in total. The molecule has 0 saturated heterocycles. The first-order valence-electron chi connectivity index (χ1n) is 10.3. The van der Waals surface area contributed by atoms with Crippen LogP contribution in [0.1, 0.15) is 16.1 Å². The molecule has 0 atom stereocenters. The van der Waals surface area contributed by atoms with Gasteiger partial charge >= 0.3 is 0 Å². The minimum atomic E-state index is -0.414. The maximum atomic E-state index is 14.0. The maximum Gasteiger partial charge on any atom is 0.272 e. The molecule has 3 heterocycles. The molecular weight excluding hydrogens is 419 g/mol. The molecule has 0 radical (unpaired) electrons. The lowest BCUT2D eigenvalue weighted by Crippen LogP contribution is -2.23. The molecule has 5 rings (SSSR count). The number of carbonyl (C=O) groups excluding carboxylic acids is 1. The summed E-state index contributed by atoms with van der Waals surface area (Å²) in [6, 6.07) is 21.3. The van der Waals surface area contributed by atoms with Crippen LogP contribution >= 0.6 is 0 Å². The lowest BCUT2D eigenvalue weighted by molar-refractivity contribution is 0.0945. The summed E-state index contributed by atoms with van der Waals surface area (Å²) in [6.07, 6.45) is 6.86. The van der Waals surface area contributed by atoms with E-state index in [1.807, 2.05) is 48.7 Å². The summed E-state index contributed by atoms with van der Waals surface area (Å²) in [7, 11) is 0. The van der Waals surface area contributed by atoms with Crippen LogP contribution in [0, 0.1) is 5.82 Å². The molecular formula is C25H19FN6O. The number of benzene rings is 2. The zero-order chi connectivity index (χ0) is 22.6. The second-order valence-electron chi connectivity index (χ2n) is 7.30. The normalized spacial score (nSPS) is 10.8. The molecule has 0 aliphatic carbocycles. The number of nitrogens with zero attached hydrogens (tertiary/aromatic N) is 5. The van der Waals surface area contributed by atoms with Crippen LogP contribution in [0.4, 0.5) is 4.39 Å². The SMILES string of the molecule is O=C(NCc1cn(-c2ccccc2)nc1-c1ccncc1)c1ccn(-c2ccccc2F)n1. The van der Waals surface area contributed by atoms with Crippen LogP contribution in [0.5, 0.6) is 0 Å². The quantitative estimate of drug-likeness (QED) is 0.431. The fourth-order valence-electron chi connectivity index (χ4n) is 3.49. The van der Waals surface area contributed by atoms with Gasteiger partial charge in [0.25, 0.3) is 5.91 Å². The first-order chi connectivity index (χ1) is 16.2. The van der Waals surface area contributed by atoms with E-state index in [2.05, 4.69) is 15.4 Å². The number of pyridine rings is 1. The number of nitrogens with one attached hydrogen (secondary N) is 1. The predicted octanol–water partition coefficient (Wildman–Crippen LogP) is 4.19. The van der Waals surface area contributed by atoms with E-state index in [1.165, 1.54) is 10.7 Å². The standard InChI is InChI=1S/C25H19FN6O/c26-21-8-4-5-9-23(21)31-15-12-22(29-31)25(33)28-16-19-17-32(20-6-2-1-3-7-20)30-24(19)18-10-13-27-14-11-18/h1-15,17H,16H2,(H,28,33). The number of hydrogen-bond acceptors (Lipinski definition) is 4. The lowest BCUT2D eigenvalue weighted by atomic mass is 10.1. The highest BCUT2D eigenvalue weighted by Crippen LogP contribution is 2.23. The summed E-state index contributed by atoms with van der Waals surface area (Å²) in [4.78, 5) is 16.8. The van der Waals surface area contributed by atoms with Gasteiger partial charge in [0.1, 0.15) is 11.5 Å². The van der Waals surface area contributed by atoms with Crippen molar-refractivity contribution in [3.05, 3.63) is 115 Å². The van der Waals surface area contributed by atoms with Crippen LogP contribution in [0.15, 0.2) is 97.6 Å². The molecule has 0 bridgehead atoms. The van der Waals surface area contributed by atoms with Gasteiger partial charge in [-0.25, -0.2) is 13.8 Å². The number of aromatic nitrogens is 5. The van der Waals surface area contributed by atoms with Crippen LogP contribution in [0.2, 0.25) is 0 Å². The van der Waals surface area contributed by atoms with E-state index in [0.717, 1.165) is 22.5 Å². The monoisotopic (exact) mass is 438 g/mol. The molecule has 3 aromatic heterocycles. The van der Waals surface area contributed by atoms with Crippen molar-refractivity contribution < 1.29 is 9.18 Å². The average Bonchev–Trinajstić information content (AvgIpc) is 3.52. The third kappa shape index (κ3) is 4.27. The zero-order valence-electron chi connectivity index (χ0n) is 17.5. The number of carbonyl (C=O) groups is 1. The Kier molecular flexibility index (Phi) is 5.47. The summed E-state index contributed by atoms with van der Waals surface area (Å²) in [5.74, 6) is -0.777. The molecule has 33 heavy (non-hydrogen) atoms. The van der Waals surface area contributed by atoms with Crippen molar-refractivity contribution in [2.45, 2.75) is 6.54 Å². The molecule has 2 aromatic carbocycles. The Balaban J connectivity index is 1.39. The molecule has 1 N–H and O–H groups in total. The van der Waals surface area contributed by atoms with E-state index in [9.17, 15) is 9.18 Å². The van der Waals surface area contributed by atoms with Gasteiger partial charge in [0, 0.05) is 42.5 Å². The van der Waals surface area contributed by atoms with Gasteiger partial charge in [-0.05, 0) is 42.5 Å². The minimum absolute atomic E-state index is 0.194. The molecule has 1 amide bonds. The summed E-state index contributed by atoms with van der Waals surface area (Å²) in [6.45, 7) is 0.246. The molecule has 0 spiro atoms. The van der Waals surface area contributed by atoms with Crippen molar-refractivity contribution in [1.29, 1.82) is 0 Å². The average molecular weight is 438 g/mol. The van der Waals surface area contributed by atoms with Crippen LogP contribution < -0.4 is 5.32 Å². The van der Waals surface area contributed by atoms with Gasteiger partial charge in [0.15, 0.2) is 5.69 Å². The van der Waals surface area contributed by atoms with Crippen LogP contribution in [0.3, 0.4) is 0 Å². The van der Waals surface area contributed by atoms with Gasteiger partial charge in [0.05, 0.1) is 11.4 Å². The van der Waals surface area contributed by atoms with E-state index in [-0.39, 0.29) is 23.8 Å². The molecule has 0 saturated carbocycles. The highest BCUT2D eigenvalue weighted by atomic mass is 19.1. The van der Waals surface area contributed by atoms with Gasteiger partial charge in [-0.1, -0.05) is 30.3 Å². The number of halogens is 1. The maximum absolute atomic E-state index is 14.0. The molecule has 8 heteroatoms. The Morgan fingerprint density at radius 2 is 1.64 bits per heavy atom. The Hall–Kier alpha value is -4.59. The van der Waals surface area contributed by atoms with Crippen LogP contribution in [-0.4, -0.2) is 30.5 Å². The van der Waals surface area contributed by atoms with Gasteiger partial charge in [-0.2, -0.15) is 10.2 Å². The Morgan fingerprint density at radius 3 is 2.42 bits per heavy atom. The summed E-state index contributed by atoms with van der Waals surface area (Å²) in [5, 5.41) is 11.8. The van der Waals surface area contributed by atoms with Crippen LogP contribution in [-0.2, 0) is 6.54 Å². The molecule has 0 unspecified atom stereocenters. The molecule has 0 fully saturated rings. The van der Waals surface area contributed by atoms with E-state index >= 15 is 0 Å². The van der Waals surface area contributed by atoms with Crippen molar-refractivity contribution in [3.63, 3.8) is 0 Å². The number of para-hydroxylation sites is 2.